The average molecular weight is 423 g/mol. The predicted octanol–water partition coefficient (Wildman–Crippen LogP) is 5.32. The topological polar surface area (TPSA) is 58.6 Å². The summed E-state index contributed by atoms with van der Waals surface area (Å²) in [7, 11) is 0. The van der Waals surface area contributed by atoms with Gasteiger partial charge in [0.15, 0.2) is 0 Å². The molecule has 0 saturated carbocycles. The predicted molar refractivity (Wildman–Crippen MR) is 124 cm³/mol. The Kier molecular flexibility index (Phi) is 8.10. The number of hydrogen-bond acceptors (Lipinski definition) is 3. The average Bonchev–Trinajstić information content (AvgIpc) is 3.01. The SMILES string of the molecule is CCCCCOc1ccccc1CN1C(=O)[C@@H](NC(C)=O)c2cc(CCCC)ccc21. The Balaban J connectivity index is 1.86. The minimum Gasteiger partial charge on any atom is -0.493 e. The summed E-state index contributed by atoms with van der Waals surface area (Å²) >= 11 is 0. The lowest BCUT2D eigenvalue weighted by Crippen LogP contribution is -2.36. The molecule has 0 spiro atoms. The van der Waals surface area contributed by atoms with E-state index in [4.69, 9.17) is 4.74 Å². The minimum atomic E-state index is -0.633. The second kappa shape index (κ2) is 11.0. The first-order chi connectivity index (χ1) is 15.0. The van der Waals surface area contributed by atoms with Crippen LogP contribution in [0.4, 0.5) is 5.69 Å². The molecule has 0 bridgehead atoms. The third-order valence-corrected chi connectivity index (χ3v) is 5.68. The lowest BCUT2D eigenvalue weighted by atomic mass is 10.0. The maximum absolute atomic E-state index is 13.3. The quantitative estimate of drug-likeness (QED) is 0.499. The zero-order valence-electron chi connectivity index (χ0n) is 18.9. The number of amides is 2. The molecular weight excluding hydrogens is 388 g/mol. The molecule has 5 heteroatoms. The van der Waals surface area contributed by atoms with E-state index in [1.165, 1.54) is 12.5 Å². The van der Waals surface area contributed by atoms with Crippen LogP contribution in [0.5, 0.6) is 5.75 Å². The number of ether oxygens (including phenoxy) is 1. The van der Waals surface area contributed by atoms with Crippen LogP contribution in [0.15, 0.2) is 42.5 Å². The van der Waals surface area contributed by atoms with Gasteiger partial charge in [-0.1, -0.05) is 63.4 Å². The van der Waals surface area contributed by atoms with Crippen LogP contribution < -0.4 is 15.0 Å². The summed E-state index contributed by atoms with van der Waals surface area (Å²) in [6.07, 6.45) is 6.49. The summed E-state index contributed by atoms with van der Waals surface area (Å²) in [6.45, 7) is 6.88. The van der Waals surface area contributed by atoms with Gasteiger partial charge >= 0.3 is 0 Å². The zero-order valence-corrected chi connectivity index (χ0v) is 18.9. The molecule has 1 aliphatic rings. The standard InChI is InChI=1S/C26H34N2O3/c1-4-6-10-16-31-24-13-9-8-12-21(24)18-28-23-15-14-20(11-7-5-2)17-22(23)25(26(28)30)27-19(3)29/h8-9,12-15,17,25H,4-7,10-11,16,18H2,1-3H3,(H,27,29)/t25-/m0/s1. The molecule has 31 heavy (non-hydrogen) atoms. The van der Waals surface area contributed by atoms with Crippen molar-refractivity contribution in [2.45, 2.75) is 71.9 Å². The molecule has 2 aromatic carbocycles. The lowest BCUT2D eigenvalue weighted by molar-refractivity contribution is -0.126. The fraction of sp³-hybridized carbons (Fsp3) is 0.462. The van der Waals surface area contributed by atoms with Crippen LogP contribution in [0.1, 0.15) is 75.6 Å². The molecule has 1 atom stereocenters. The van der Waals surface area contributed by atoms with Gasteiger partial charge in [-0.3, -0.25) is 9.59 Å². The van der Waals surface area contributed by atoms with Crippen molar-refractivity contribution in [1.82, 2.24) is 5.32 Å². The number of fused-ring (bicyclic) bond motifs is 1. The normalized spacial score (nSPS) is 15.1. The highest BCUT2D eigenvalue weighted by molar-refractivity contribution is 6.06. The summed E-state index contributed by atoms with van der Waals surface area (Å²) in [6, 6.07) is 13.4. The van der Waals surface area contributed by atoms with Crippen LogP contribution in [-0.2, 0) is 22.6 Å². The van der Waals surface area contributed by atoms with Crippen LogP contribution in [0.3, 0.4) is 0 Å². The molecule has 5 nitrogen and oxygen atoms in total. The number of benzene rings is 2. The second-order valence-corrected chi connectivity index (χ2v) is 8.22. The van der Waals surface area contributed by atoms with Gasteiger partial charge in [0.2, 0.25) is 5.91 Å². The van der Waals surface area contributed by atoms with Gasteiger partial charge in [0.05, 0.1) is 13.2 Å². The van der Waals surface area contributed by atoms with E-state index in [0.29, 0.717) is 13.2 Å². The number of nitrogens with one attached hydrogen (secondary N) is 1. The van der Waals surface area contributed by atoms with Crippen molar-refractivity contribution in [2.75, 3.05) is 11.5 Å². The van der Waals surface area contributed by atoms with Gasteiger partial charge in [0.1, 0.15) is 11.8 Å². The Morgan fingerprint density at radius 1 is 1.06 bits per heavy atom. The molecule has 1 N–H and O–H groups in total. The van der Waals surface area contributed by atoms with E-state index in [1.807, 2.05) is 30.3 Å². The number of aryl methyl sites for hydroxylation is 1. The van der Waals surface area contributed by atoms with E-state index in [2.05, 4.69) is 31.3 Å². The molecule has 0 saturated heterocycles. The van der Waals surface area contributed by atoms with Gasteiger partial charge < -0.3 is 15.0 Å². The number of unbranched alkanes of at least 4 members (excludes halogenated alkanes) is 3. The summed E-state index contributed by atoms with van der Waals surface area (Å²) in [5.74, 6) is 0.513. The summed E-state index contributed by atoms with van der Waals surface area (Å²) in [5, 5.41) is 2.85. The molecule has 3 rings (SSSR count). The van der Waals surface area contributed by atoms with Crippen molar-refractivity contribution in [3.05, 3.63) is 59.2 Å². The van der Waals surface area contributed by atoms with Crippen molar-refractivity contribution >= 4 is 17.5 Å². The van der Waals surface area contributed by atoms with E-state index in [-0.39, 0.29) is 11.8 Å². The number of rotatable bonds is 11. The maximum atomic E-state index is 13.3. The zero-order chi connectivity index (χ0) is 22.2. The van der Waals surface area contributed by atoms with Gasteiger partial charge in [0, 0.05) is 23.7 Å². The van der Waals surface area contributed by atoms with Crippen molar-refractivity contribution in [1.29, 1.82) is 0 Å². The fourth-order valence-electron chi connectivity index (χ4n) is 4.01. The fourth-order valence-corrected chi connectivity index (χ4v) is 4.01. The summed E-state index contributed by atoms with van der Waals surface area (Å²) < 4.78 is 6.02. The Labute approximate surface area is 185 Å². The van der Waals surface area contributed by atoms with E-state index in [9.17, 15) is 9.59 Å². The third-order valence-electron chi connectivity index (χ3n) is 5.68. The maximum Gasteiger partial charge on any atom is 0.254 e. The van der Waals surface area contributed by atoms with Gasteiger partial charge in [-0.05, 0) is 37.0 Å². The number of hydrogen-bond donors (Lipinski definition) is 1. The lowest BCUT2D eigenvalue weighted by Gasteiger charge is -2.20. The molecular formula is C26H34N2O3. The Morgan fingerprint density at radius 2 is 1.84 bits per heavy atom. The van der Waals surface area contributed by atoms with Crippen molar-refractivity contribution < 1.29 is 14.3 Å². The molecule has 2 aromatic rings. The number of nitrogens with zero attached hydrogens (tertiary/aromatic N) is 1. The first-order valence-corrected chi connectivity index (χ1v) is 11.5. The molecule has 166 valence electrons. The van der Waals surface area contributed by atoms with Gasteiger partial charge in [-0.2, -0.15) is 0 Å². The van der Waals surface area contributed by atoms with Crippen LogP contribution in [0, 0.1) is 0 Å². The largest absolute Gasteiger partial charge is 0.493 e. The van der Waals surface area contributed by atoms with E-state index < -0.39 is 6.04 Å². The third kappa shape index (κ3) is 5.66. The van der Waals surface area contributed by atoms with Crippen LogP contribution >= 0.6 is 0 Å². The molecule has 0 unspecified atom stereocenters. The molecule has 1 aliphatic heterocycles. The smallest absolute Gasteiger partial charge is 0.254 e. The first kappa shape index (κ1) is 22.9. The number of carbonyl (C=O) groups is 2. The van der Waals surface area contributed by atoms with Gasteiger partial charge in [-0.25, -0.2) is 0 Å². The van der Waals surface area contributed by atoms with Crippen LogP contribution in [-0.4, -0.2) is 18.4 Å². The van der Waals surface area contributed by atoms with Crippen molar-refractivity contribution in [3.63, 3.8) is 0 Å². The summed E-state index contributed by atoms with van der Waals surface area (Å²) in [4.78, 5) is 26.9. The van der Waals surface area contributed by atoms with E-state index in [1.54, 1.807) is 4.90 Å². The van der Waals surface area contributed by atoms with Gasteiger partial charge in [-0.15, -0.1) is 0 Å². The minimum absolute atomic E-state index is 0.0985. The van der Waals surface area contributed by atoms with Gasteiger partial charge in [0.25, 0.3) is 5.91 Å². The molecule has 0 radical (unpaired) electrons. The van der Waals surface area contributed by atoms with Crippen LogP contribution in [0.2, 0.25) is 0 Å². The molecule has 1 heterocycles. The first-order valence-electron chi connectivity index (χ1n) is 11.5. The monoisotopic (exact) mass is 422 g/mol. The highest BCUT2D eigenvalue weighted by Gasteiger charge is 2.38. The highest BCUT2D eigenvalue weighted by atomic mass is 16.5. The number of anilines is 1. The number of carbonyl (C=O) groups excluding carboxylic acids is 2. The highest BCUT2D eigenvalue weighted by Crippen LogP contribution is 2.38. The van der Waals surface area contributed by atoms with Crippen molar-refractivity contribution in [2.24, 2.45) is 0 Å². The second-order valence-electron chi connectivity index (χ2n) is 8.22. The Morgan fingerprint density at radius 3 is 2.58 bits per heavy atom. The Bertz CT molecular complexity index is 909. The molecule has 0 fully saturated rings. The Hall–Kier alpha value is -2.82. The van der Waals surface area contributed by atoms with Crippen molar-refractivity contribution in [3.8, 4) is 5.75 Å². The number of para-hydroxylation sites is 1. The van der Waals surface area contributed by atoms with E-state index >= 15 is 0 Å². The molecule has 2 amide bonds. The van der Waals surface area contributed by atoms with Crippen LogP contribution in [0.25, 0.3) is 0 Å². The van der Waals surface area contributed by atoms with E-state index in [0.717, 1.165) is 61.1 Å². The molecule has 0 aliphatic carbocycles. The molecule has 0 aromatic heterocycles. The summed E-state index contributed by atoms with van der Waals surface area (Å²) in [5.41, 5.74) is 3.92.